The van der Waals surface area contributed by atoms with Crippen LogP contribution in [0.1, 0.15) is 39.0 Å². The Morgan fingerprint density at radius 3 is 2.89 bits per heavy atom. The van der Waals surface area contributed by atoms with Crippen molar-refractivity contribution in [1.29, 1.82) is 0 Å². The molecule has 0 aromatic heterocycles. The van der Waals surface area contributed by atoms with Crippen molar-refractivity contribution < 1.29 is 0 Å². The Morgan fingerprint density at radius 1 is 1.67 bits per heavy atom. The lowest BCUT2D eigenvalue weighted by Gasteiger charge is -2.21. The molecule has 0 bridgehead atoms. The van der Waals surface area contributed by atoms with Crippen LogP contribution in [0, 0.1) is 5.92 Å². The van der Waals surface area contributed by atoms with Crippen LogP contribution in [0.15, 0.2) is 12.2 Å². The normalized spacial score (nSPS) is 28.6. The highest BCUT2D eigenvalue weighted by molar-refractivity contribution is 4.98. The van der Waals surface area contributed by atoms with E-state index in [2.05, 4.69) is 13.5 Å². The topological polar surface area (TPSA) is 0 Å². The first-order chi connectivity index (χ1) is 4.33. The Balaban J connectivity index is 2.32. The van der Waals surface area contributed by atoms with Crippen molar-refractivity contribution in [2.75, 3.05) is 0 Å². The third kappa shape index (κ3) is 1.85. The third-order valence-electron chi connectivity index (χ3n) is 2.30. The van der Waals surface area contributed by atoms with Crippen LogP contribution in [-0.4, -0.2) is 0 Å². The quantitative estimate of drug-likeness (QED) is 0.471. The summed E-state index contributed by atoms with van der Waals surface area (Å²) in [7, 11) is 0. The van der Waals surface area contributed by atoms with Gasteiger partial charge in [0, 0.05) is 0 Å². The fourth-order valence-corrected chi connectivity index (χ4v) is 1.60. The molecule has 1 aliphatic rings. The summed E-state index contributed by atoms with van der Waals surface area (Å²) in [6.45, 7) is 6.29. The molecule has 0 radical (unpaired) electrons. The van der Waals surface area contributed by atoms with Gasteiger partial charge in [0.1, 0.15) is 0 Å². The molecule has 0 aromatic carbocycles. The summed E-state index contributed by atoms with van der Waals surface area (Å²) in [4.78, 5) is 0. The van der Waals surface area contributed by atoms with Gasteiger partial charge in [-0.05, 0) is 31.6 Å². The summed E-state index contributed by atoms with van der Waals surface area (Å²) < 4.78 is 0. The number of hydrogen-bond donors (Lipinski definition) is 0. The molecule has 0 N–H and O–H groups in total. The average Bonchev–Trinajstić information content (AvgIpc) is 1.88. The molecule has 0 heteroatoms. The highest BCUT2D eigenvalue weighted by Gasteiger charge is 2.12. The molecule has 0 amide bonds. The minimum absolute atomic E-state index is 0.964. The summed E-state index contributed by atoms with van der Waals surface area (Å²) in [5.41, 5.74) is 1.48. The van der Waals surface area contributed by atoms with Crippen LogP contribution in [0.4, 0.5) is 0 Å². The molecule has 1 rings (SSSR count). The minimum Gasteiger partial charge on any atom is -0.0999 e. The molecule has 1 aliphatic carbocycles. The van der Waals surface area contributed by atoms with Crippen LogP contribution in [0.3, 0.4) is 0 Å². The molecule has 1 unspecified atom stereocenters. The Morgan fingerprint density at radius 2 is 2.44 bits per heavy atom. The van der Waals surface area contributed by atoms with Crippen molar-refractivity contribution in [3.63, 3.8) is 0 Å². The van der Waals surface area contributed by atoms with E-state index >= 15 is 0 Å². The second-order valence-corrected chi connectivity index (χ2v) is 3.12. The zero-order valence-electron chi connectivity index (χ0n) is 6.32. The van der Waals surface area contributed by atoms with Crippen LogP contribution in [0.5, 0.6) is 0 Å². The fourth-order valence-electron chi connectivity index (χ4n) is 1.60. The van der Waals surface area contributed by atoms with Gasteiger partial charge in [-0.25, -0.2) is 0 Å². The van der Waals surface area contributed by atoms with Crippen LogP contribution >= 0.6 is 0 Å². The molecule has 1 fully saturated rings. The summed E-state index contributed by atoms with van der Waals surface area (Å²) in [5, 5.41) is 0. The zero-order chi connectivity index (χ0) is 6.69. The van der Waals surface area contributed by atoms with Gasteiger partial charge in [0.25, 0.3) is 0 Å². The zero-order valence-corrected chi connectivity index (χ0v) is 6.32. The SMILES string of the molecule is C=C1CCCC(CC)C1. The number of rotatable bonds is 1. The Kier molecular flexibility index (Phi) is 2.32. The van der Waals surface area contributed by atoms with Crippen molar-refractivity contribution >= 4 is 0 Å². The molecule has 0 aromatic rings. The maximum absolute atomic E-state index is 4.01. The van der Waals surface area contributed by atoms with Gasteiger partial charge in [-0.1, -0.05) is 25.5 Å². The van der Waals surface area contributed by atoms with E-state index in [1.807, 2.05) is 0 Å². The molecule has 1 atom stereocenters. The van der Waals surface area contributed by atoms with Gasteiger partial charge in [0.05, 0.1) is 0 Å². The smallest absolute Gasteiger partial charge is 0.0295 e. The highest BCUT2D eigenvalue weighted by Crippen LogP contribution is 2.28. The fraction of sp³-hybridized carbons (Fsp3) is 0.778. The van der Waals surface area contributed by atoms with Crippen molar-refractivity contribution in [2.24, 2.45) is 5.92 Å². The predicted molar refractivity (Wildman–Crippen MR) is 41.4 cm³/mol. The van der Waals surface area contributed by atoms with E-state index in [-0.39, 0.29) is 0 Å². The molecule has 52 valence electrons. The van der Waals surface area contributed by atoms with E-state index in [0.717, 1.165) is 5.92 Å². The van der Waals surface area contributed by atoms with E-state index in [1.165, 1.54) is 37.7 Å². The third-order valence-corrected chi connectivity index (χ3v) is 2.30. The molecule has 0 nitrogen and oxygen atoms in total. The van der Waals surface area contributed by atoms with Gasteiger partial charge < -0.3 is 0 Å². The molecule has 0 aliphatic heterocycles. The van der Waals surface area contributed by atoms with Crippen LogP contribution in [-0.2, 0) is 0 Å². The standard InChI is InChI=1S/C9H16/c1-3-9-6-4-5-8(2)7-9/h9H,2-7H2,1H3. The molecule has 0 saturated heterocycles. The molecule has 0 heterocycles. The second kappa shape index (κ2) is 3.05. The first-order valence-electron chi connectivity index (χ1n) is 3.99. The van der Waals surface area contributed by atoms with E-state index in [9.17, 15) is 0 Å². The van der Waals surface area contributed by atoms with Gasteiger partial charge >= 0.3 is 0 Å². The average molecular weight is 124 g/mol. The Hall–Kier alpha value is -0.260. The number of allylic oxidation sites excluding steroid dienone is 1. The molecule has 1 saturated carbocycles. The van der Waals surface area contributed by atoms with Crippen molar-refractivity contribution in [2.45, 2.75) is 39.0 Å². The Bertz CT molecular complexity index is 103. The van der Waals surface area contributed by atoms with Gasteiger partial charge in [-0.3, -0.25) is 0 Å². The maximum atomic E-state index is 4.01. The summed E-state index contributed by atoms with van der Waals surface area (Å²) in [5.74, 6) is 0.964. The van der Waals surface area contributed by atoms with E-state index in [4.69, 9.17) is 0 Å². The highest BCUT2D eigenvalue weighted by atomic mass is 14.2. The van der Waals surface area contributed by atoms with Gasteiger partial charge in [0.2, 0.25) is 0 Å². The first-order valence-corrected chi connectivity index (χ1v) is 3.99. The van der Waals surface area contributed by atoms with Gasteiger partial charge in [0.15, 0.2) is 0 Å². The van der Waals surface area contributed by atoms with Crippen LogP contribution < -0.4 is 0 Å². The lowest BCUT2D eigenvalue weighted by Crippen LogP contribution is -2.05. The van der Waals surface area contributed by atoms with Gasteiger partial charge in [-0.2, -0.15) is 0 Å². The largest absolute Gasteiger partial charge is 0.0999 e. The van der Waals surface area contributed by atoms with E-state index in [0.29, 0.717) is 0 Å². The molecule has 0 spiro atoms. The molecular formula is C9H16. The Labute approximate surface area is 58.0 Å². The van der Waals surface area contributed by atoms with E-state index < -0.39 is 0 Å². The maximum Gasteiger partial charge on any atom is -0.0295 e. The van der Waals surface area contributed by atoms with Crippen molar-refractivity contribution in [3.05, 3.63) is 12.2 Å². The van der Waals surface area contributed by atoms with E-state index in [1.54, 1.807) is 0 Å². The predicted octanol–water partition coefficient (Wildman–Crippen LogP) is 3.14. The summed E-state index contributed by atoms with van der Waals surface area (Å²) in [6, 6.07) is 0. The monoisotopic (exact) mass is 124 g/mol. The number of hydrogen-bond acceptors (Lipinski definition) is 0. The lowest BCUT2D eigenvalue weighted by molar-refractivity contribution is 0.408. The minimum atomic E-state index is 0.964. The molecule has 9 heavy (non-hydrogen) atoms. The molecular weight excluding hydrogens is 108 g/mol. The summed E-state index contributed by atoms with van der Waals surface area (Å²) >= 11 is 0. The first kappa shape index (κ1) is 6.85. The second-order valence-electron chi connectivity index (χ2n) is 3.12. The van der Waals surface area contributed by atoms with Crippen LogP contribution in [0.2, 0.25) is 0 Å². The summed E-state index contributed by atoms with van der Waals surface area (Å²) in [6.07, 6.45) is 6.76. The lowest BCUT2D eigenvalue weighted by atomic mass is 9.85. The van der Waals surface area contributed by atoms with Crippen molar-refractivity contribution in [1.82, 2.24) is 0 Å². The van der Waals surface area contributed by atoms with Crippen LogP contribution in [0.25, 0.3) is 0 Å². The van der Waals surface area contributed by atoms with Gasteiger partial charge in [-0.15, -0.1) is 0 Å². The van der Waals surface area contributed by atoms with Crippen molar-refractivity contribution in [3.8, 4) is 0 Å².